The largest absolute Gasteiger partial charge is 0.501 e. The Morgan fingerprint density at radius 3 is 2.19 bits per heavy atom. The fraction of sp³-hybridized carbons (Fsp3) is 0.209. The topological polar surface area (TPSA) is 38.9 Å². The molecule has 0 fully saturated rings. The van der Waals surface area contributed by atoms with Crippen molar-refractivity contribution < 1.29 is 24.5 Å². The summed E-state index contributed by atoms with van der Waals surface area (Å²) >= 11 is 0. The summed E-state index contributed by atoms with van der Waals surface area (Å²) in [5, 5.41) is 3.71. The number of hydrogen-bond donors (Lipinski definition) is 0. The fourth-order valence-electron chi connectivity index (χ4n) is 6.15. The third-order valence-electron chi connectivity index (χ3n) is 8.59. The van der Waals surface area contributed by atoms with Gasteiger partial charge >= 0.3 is 0 Å². The van der Waals surface area contributed by atoms with Crippen molar-refractivity contribution in [2.24, 2.45) is 5.92 Å². The first-order valence-corrected chi connectivity index (χ1v) is 20.0. The number of benzene rings is 4. The van der Waals surface area contributed by atoms with Gasteiger partial charge < -0.3 is 14.4 Å². The van der Waals surface area contributed by atoms with E-state index in [-0.39, 0.29) is 20.1 Å². The van der Waals surface area contributed by atoms with Gasteiger partial charge in [0.2, 0.25) is 0 Å². The van der Waals surface area contributed by atoms with Crippen molar-refractivity contribution in [2.75, 3.05) is 0 Å². The van der Waals surface area contributed by atoms with Gasteiger partial charge in [0, 0.05) is 43.8 Å². The van der Waals surface area contributed by atoms with Gasteiger partial charge in [-0.15, -0.1) is 54.1 Å². The number of pyridine rings is 2. The number of rotatable bonds is 7. The Labute approximate surface area is 299 Å². The van der Waals surface area contributed by atoms with Gasteiger partial charge in [0.25, 0.3) is 0 Å². The van der Waals surface area contributed by atoms with Crippen LogP contribution < -0.4 is 5.19 Å². The van der Waals surface area contributed by atoms with E-state index in [0.717, 1.165) is 50.9 Å². The van der Waals surface area contributed by atoms with Crippen LogP contribution in [0, 0.1) is 18.1 Å². The van der Waals surface area contributed by atoms with Crippen molar-refractivity contribution >= 4 is 35.2 Å². The van der Waals surface area contributed by atoms with Gasteiger partial charge in [-0.05, 0) is 52.2 Å². The van der Waals surface area contributed by atoms with Crippen LogP contribution in [-0.2, 0) is 26.5 Å². The molecule has 0 spiro atoms. The Balaban J connectivity index is 0.000000193. The molecule has 0 amide bonds. The molecule has 0 aliphatic rings. The molecule has 1 unspecified atom stereocenters. The van der Waals surface area contributed by atoms with E-state index in [9.17, 15) is 0 Å². The summed E-state index contributed by atoms with van der Waals surface area (Å²) in [5.74, 6) is 0.961. The Morgan fingerprint density at radius 1 is 0.708 bits per heavy atom. The summed E-state index contributed by atoms with van der Waals surface area (Å²) < 4.78 is 6.15. The van der Waals surface area contributed by atoms with E-state index in [1.54, 1.807) is 0 Å². The number of furan rings is 1. The molecular weight excluding hydrogens is 781 g/mol. The monoisotopic (exact) mass is 823 g/mol. The SMILES string of the molecule is CC(C)Cc1cc(-c2[c-]cccc2)ncc1[Si](C)(C)C.CC(c1ccccc1)c1ccnc(-c2[c-]ccc3c2oc2ccccc23)c1.[Ir]. The van der Waals surface area contributed by atoms with E-state index in [1.807, 2.05) is 54.7 Å². The summed E-state index contributed by atoms with van der Waals surface area (Å²) in [6.45, 7) is 14.0. The van der Waals surface area contributed by atoms with Crippen LogP contribution in [0.2, 0.25) is 19.6 Å². The maximum atomic E-state index is 6.15. The van der Waals surface area contributed by atoms with Gasteiger partial charge in [0.15, 0.2) is 0 Å². The first kappa shape index (κ1) is 35.2. The average molecular weight is 823 g/mol. The van der Waals surface area contributed by atoms with E-state index < -0.39 is 8.07 Å². The standard InChI is InChI=1S/C25H18NO.C18H24NSi.Ir/c1-17(18-8-3-2-4-9-18)19-14-15-26-23(16-19)22-12-7-11-21-20-10-5-6-13-24(20)27-25(21)22;1-14(2)11-16-12-17(15-9-7-6-8-10-15)19-13-18(16)20(3,4)5;/h2-11,13-17H,1H3;6-9,12-14H,11H2,1-5H3;/q2*-1;. The normalized spacial score (nSPS) is 12.0. The first-order valence-electron chi connectivity index (χ1n) is 16.5. The minimum Gasteiger partial charge on any atom is -0.501 e. The van der Waals surface area contributed by atoms with Crippen LogP contribution in [0.5, 0.6) is 0 Å². The van der Waals surface area contributed by atoms with E-state index in [1.165, 1.54) is 21.9 Å². The first-order chi connectivity index (χ1) is 22.7. The second-order valence-electron chi connectivity index (χ2n) is 13.7. The molecule has 48 heavy (non-hydrogen) atoms. The summed E-state index contributed by atoms with van der Waals surface area (Å²) in [4.78, 5) is 9.30. The molecule has 3 heterocycles. The fourth-order valence-corrected chi connectivity index (χ4v) is 7.74. The maximum Gasteiger partial charge on any atom is 0.120 e. The second-order valence-corrected chi connectivity index (χ2v) is 18.7. The molecule has 1 atom stereocenters. The van der Waals surface area contributed by atoms with E-state index >= 15 is 0 Å². The van der Waals surface area contributed by atoms with Crippen molar-refractivity contribution in [3.63, 3.8) is 0 Å². The summed E-state index contributed by atoms with van der Waals surface area (Å²) in [7, 11) is -1.34. The molecule has 0 N–H and O–H groups in total. The predicted molar refractivity (Wildman–Crippen MR) is 200 cm³/mol. The zero-order valence-electron chi connectivity index (χ0n) is 28.5. The molecule has 245 valence electrons. The number of para-hydroxylation sites is 1. The third-order valence-corrected chi connectivity index (χ3v) is 10.7. The predicted octanol–water partition coefficient (Wildman–Crippen LogP) is 10.9. The molecule has 4 aromatic carbocycles. The molecule has 0 bridgehead atoms. The van der Waals surface area contributed by atoms with E-state index in [2.05, 4.69) is 129 Å². The van der Waals surface area contributed by atoms with Crippen LogP contribution in [0.15, 0.2) is 126 Å². The quantitative estimate of drug-likeness (QED) is 0.119. The maximum absolute atomic E-state index is 6.15. The zero-order valence-corrected chi connectivity index (χ0v) is 31.9. The number of fused-ring (bicyclic) bond motifs is 3. The molecule has 0 saturated heterocycles. The molecule has 3 nitrogen and oxygen atoms in total. The van der Waals surface area contributed by atoms with Crippen molar-refractivity contribution in [3.8, 4) is 22.5 Å². The minimum absolute atomic E-state index is 0. The van der Waals surface area contributed by atoms with Gasteiger partial charge in [-0.3, -0.25) is 0 Å². The van der Waals surface area contributed by atoms with Gasteiger partial charge in [0.1, 0.15) is 5.58 Å². The van der Waals surface area contributed by atoms with Gasteiger partial charge in [-0.2, -0.15) is 0 Å². The molecule has 0 saturated carbocycles. The van der Waals surface area contributed by atoms with Crippen LogP contribution in [0.3, 0.4) is 0 Å². The van der Waals surface area contributed by atoms with Crippen molar-refractivity contribution in [3.05, 3.63) is 150 Å². The van der Waals surface area contributed by atoms with Crippen LogP contribution in [0.1, 0.15) is 43.4 Å². The smallest absolute Gasteiger partial charge is 0.120 e. The molecule has 0 aliphatic carbocycles. The third kappa shape index (κ3) is 7.93. The van der Waals surface area contributed by atoms with Crippen molar-refractivity contribution in [2.45, 2.75) is 52.8 Å². The molecular formula is C43H42IrN2OSi-2. The Kier molecular flexibility index (Phi) is 11.3. The summed E-state index contributed by atoms with van der Waals surface area (Å²) in [5.41, 5.74) is 9.65. The van der Waals surface area contributed by atoms with Crippen LogP contribution in [-0.4, -0.2) is 18.0 Å². The van der Waals surface area contributed by atoms with Gasteiger partial charge in [-0.1, -0.05) is 118 Å². The van der Waals surface area contributed by atoms with Crippen molar-refractivity contribution in [1.29, 1.82) is 0 Å². The minimum atomic E-state index is -1.34. The van der Waals surface area contributed by atoms with Crippen LogP contribution in [0.25, 0.3) is 44.5 Å². The summed E-state index contributed by atoms with van der Waals surface area (Å²) in [6, 6.07) is 43.9. The molecule has 3 aromatic heterocycles. The number of hydrogen-bond acceptors (Lipinski definition) is 3. The van der Waals surface area contributed by atoms with Crippen molar-refractivity contribution in [1.82, 2.24) is 9.97 Å². The summed E-state index contributed by atoms with van der Waals surface area (Å²) in [6.07, 6.45) is 5.11. The molecule has 0 aliphatic heterocycles. The Bertz CT molecular complexity index is 2100. The molecule has 5 heteroatoms. The van der Waals surface area contributed by atoms with Crippen LogP contribution in [0.4, 0.5) is 0 Å². The molecule has 7 aromatic rings. The van der Waals surface area contributed by atoms with E-state index in [0.29, 0.717) is 11.8 Å². The molecule has 7 rings (SSSR count). The van der Waals surface area contributed by atoms with Gasteiger partial charge in [0.05, 0.1) is 13.7 Å². The number of aromatic nitrogens is 2. The number of nitrogens with zero attached hydrogens (tertiary/aromatic N) is 2. The average Bonchev–Trinajstić information content (AvgIpc) is 3.47. The second kappa shape index (κ2) is 15.4. The Hall–Kier alpha value is -4.15. The Morgan fingerprint density at radius 2 is 1.46 bits per heavy atom. The van der Waals surface area contributed by atoms with Gasteiger partial charge in [-0.25, -0.2) is 0 Å². The molecule has 1 radical (unpaired) electrons. The van der Waals surface area contributed by atoms with Crippen LogP contribution >= 0.6 is 0 Å². The van der Waals surface area contributed by atoms with E-state index in [4.69, 9.17) is 4.42 Å². The zero-order chi connectivity index (χ0) is 33.0.